The van der Waals surface area contributed by atoms with Crippen LogP contribution in [0.4, 0.5) is 0 Å². The maximum absolute atomic E-state index is 5.88. The minimum Gasteiger partial charge on any atom is -0.361 e. The first-order chi connectivity index (χ1) is 6.33. The molecule has 0 fully saturated rings. The fourth-order valence-electron chi connectivity index (χ4n) is 1.56. The molecule has 3 nitrogen and oxygen atoms in total. The van der Waals surface area contributed by atoms with E-state index in [0.717, 1.165) is 11.1 Å². The van der Waals surface area contributed by atoms with Gasteiger partial charge >= 0.3 is 0 Å². The van der Waals surface area contributed by atoms with E-state index in [9.17, 15) is 0 Å². The molecule has 0 aliphatic carbocycles. The Balaban J connectivity index is 2.60. The van der Waals surface area contributed by atoms with Crippen molar-refractivity contribution < 1.29 is 0 Å². The molecule has 2 rings (SSSR count). The lowest BCUT2D eigenvalue weighted by Crippen LogP contribution is -2.20. The van der Waals surface area contributed by atoms with Crippen LogP contribution in [-0.4, -0.2) is 11.5 Å². The standard InChI is InChI=1S/C10H13N3/c11-6-9(12)7-2-1-3-10-8(7)4-5-13-10/h1-5,9,13H,6,11-12H2/t9-/m0/s1. The van der Waals surface area contributed by atoms with Crippen LogP contribution in [0.25, 0.3) is 10.9 Å². The van der Waals surface area contributed by atoms with Gasteiger partial charge < -0.3 is 16.5 Å². The monoisotopic (exact) mass is 175 g/mol. The number of hydrogen-bond donors (Lipinski definition) is 3. The van der Waals surface area contributed by atoms with E-state index in [1.807, 2.05) is 30.5 Å². The van der Waals surface area contributed by atoms with Gasteiger partial charge in [0.15, 0.2) is 0 Å². The van der Waals surface area contributed by atoms with Crippen molar-refractivity contribution >= 4 is 10.9 Å². The average molecular weight is 175 g/mol. The number of nitrogens with two attached hydrogens (primary N) is 2. The predicted molar refractivity (Wildman–Crippen MR) is 54.3 cm³/mol. The second-order valence-corrected chi connectivity index (χ2v) is 3.13. The SMILES string of the molecule is NC[C@H](N)c1cccc2[nH]ccc12. The zero-order valence-corrected chi connectivity index (χ0v) is 7.33. The lowest BCUT2D eigenvalue weighted by Gasteiger charge is -2.09. The van der Waals surface area contributed by atoms with Crippen molar-refractivity contribution in [1.82, 2.24) is 4.98 Å². The summed E-state index contributed by atoms with van der Waals surface area (Å²) in [4.78, 5) is 3.14. The minimum absolute atomic E-state index is 0.0699. The first-order valence-corrected chi connectivity index (χ1v) is 4.34. The molecule has 3 heteroatoms. The fourth-order valence-corrected chi connectivity index (χ4v) is 1.56. The van der Waals surface area contributed by atoms with Crippen LogP contribution >= 0.6 is 0 Å². The quantitative estimate of drug-likeness (QED) is 0.640. The van der Waals surface area contributed by atoms with Gasteiger partial charge in [0, 0.05) is 29.7 Å². The van der Waals surface area contributed by atoms with Crippen molar-refractivity contribution in [3.63, 3.8) is 0 Å². The summed E-state index contributed by atoms with van der Waals surface area (Å²) in [5.74, 6) is 0. The number of rotatable bonds is 2. The maximum atomic E-state index is 5.88. The van der Waals surface area contributed by atoms with E-state index in [2.05, 4.69) is 4.98 Å². The summed E-state index contributed by atoms with van der Waals surface area (Å²) in [6.07, 6.45) is 1.91. The molecule has 0 saturated heterocycles. The van der Waals surface area contributed by atoms with Crippen LogP contribution in [-0.2, 0) is 0 Å². The van der Waals surface area contributed by atoms with E-state index in [1.54, 1.807) is 0 Å². The Morgan fingerprint density at radius 3 is 2.92 bits per heavy atom. The molecule has 68 valence electrons. The van der Waals surface area contributed by atoms with Crippen LogP contribution in [0.3, 0.4) is 0 Å². The molecule has 13 heavy (non-hydrogen) atoms. The van der Waals surface area contributed by atoms with Crippen molar-refractivity contribution in [2.45, 2.75) is 6.04 Å². The van der Waals surface area contributed by atoms with Gasteiger partial charge in [-0.05, 0) is 17.7 Å². The molecule has 0 aliphatic heterocycles. The highest BCUT2D eigenvalue weighted by Crippen LogP contribution is 2.21. The normalized spacial score (nSPS) is 13.4. The zero-order chi connectivity index (χ0) is 9.26. The summed E-state index contributed by atoms with van der Waals surface area (Å²) in [5.41, 5.74) is 13.6. The number of benzene rings is 1. The average Bonchev–Trinajstić information content (AvgIpc) is 2.63. The Morgan fingerprint density at radius 2 is 2.15 bits per heavy atom. The second kappa shape index (κ2) is 3.20. The van der Waals surface area contributed by atoms with Crippen LogP contribution < -0.4 is 11.5 Å². The topological polar surface area (TPSA) is 67.8 Å². The molecule has 0 saturated carbocycles. The van der Waals surface area contributed by atoms with Crippen LogP contribution in [0.15, 0.2) is 30.5 Å². The molecular weight excluding hydrogens is 162 g/mol. The van der Waals surface area contributed by atoms with Crippen molar-refractivity contribution in [2.24, 2.45) is 11.5 Å². The molecule has 0 aliphatic rings. The second-order valence-electron chi connectivity index (χ2n) is 3.13. The van der Waals surface area contributed by atoms with Gasteiger partial charge in [0.25, 0.3) is 0 Å². The van der Waals surface area contributed by atoms with Gasteiger partial charge in [-0.25, -0.2) is 0 Å². The van der Waals surface area contributed by atoms with Gasteiger partial charge in [-0.2, -0.15) is 0 Å². The zero-order valence-electron chi connectivity index (χ0n) is 7.33. The van der Waals surface area contributed by atoms with Gasteiger partial charge in [-0.1, -0.05) is 12.1 Å². The molecule has 5 N–H and O–H groups in total. The van der Waals surface area contributed by atoms with Crippen LogP contribution in [0, 0.1) is 0 Å². The van der Waals surface area contributed by atoms with Crippen LogP contribution in [0.5, 0.6) is 0 Å². The van der Waals surface area contributed by atoms with E-state index in [1.165, 1.54) is 5.39 Å². The van der Waals surface area contributed by atoms with Gasteiger partial charge in [-0.3, -0.25) is 0 Å². The molecular formula is C10H13N3. The minimum atomic E-state index is -0.0699. The van der Waals surface area contributed by atoms with Gasteiger partial charge in [0.05, 0.1) is 0 Å². The van der Waals surface area contributed by atoms with Gasteiger partial charge in [0.1, 0.15) is 0 Å². The summed E-state index contributed by atoms with van der Waals surface area (Å²) < 4.78 is 0. The Labute approximate surface area is 76.7 Å². The fraction of sp³-hybridized carbons (Fsp3) is 0.200. The Bertz CT molecular complexity index is 405. The lowest BCUT2D eigenvalue weighted by atomic mass is 10.0. The molecule has 0 spiro atoms. The third-order valence-electron chi connectivity index (χ3n) is 2.28. The maximum Gasteiger partial charge on any atom is 0.0457 e. The number of aromatic nitrogens is 1. The molecule has 1 heterocycles. The lowest BCUT2D eigenvalue weighted by molar-refractivity contribution is 0.743. The first-order valence-electron chi connectivity index (χ1n) is 4.34. The number of nitrogens with one attached hydrogen (secondary N) is 1. The first kappa shape index (κ1) is 8.29. The highest BCUT2D eigenvalue weighted by atomic mass is 14.7. The number of fused-ring (bicyclic) bond motifs is 1. The smallest absolute Gasteiger partial charge is 0.0457 e. The summed E-state index contributed by atoms with van der Waals surface area (Å²) in [6, 6.07) is 8.00. The molecule has 0 radical (unpaired) electrons. The van der Waals surface area contributed by atoms with Crippen LogP contribution in [0.1, 0.15) is 11.6 Å². The molecule has 0 unspecified atom stereocenters. The van der Waals surface area contributed by atoms with Gasteiger partial charge in [0.2, 0.25) is 0 Å². The van der Waals surface area contributed by atoms with Crippen molar-refractivity contribution in [3.8, 4) is 0 Å². The molecule has 0 amide bonds. The van der Waals surface area contributed by atoms with E-state index < -0.39 is 0 Å². The molecule has 2 aromatic rings. The van der Waals surface area contributed by atoms with E-state index in [4.69, 9.17) is 11.5 Å². The van der Waals surface area contributed by atoms with Crippen LogP contribution in [0.2, 0.25) is 0 Å². The number of hydrogen-bond acceptors (Lipinski definition) is 2. The molecule has 1 aromatic heterocycles. The predicted octanol–water partition coefficient (Wildman–Crippen LogP) is 1.13. The Kier molecular flexibility index (Phi) is 2.04. The van der Waals surface area contributed by atoms with Crippen molar-refractivity contribution in [3.05, 3.63) is 36.0 Å². The molecule has 1 aromatic carbocycles. The van der Waals surface area contributed by atoms with Gasteiger partial charge in [-0.15, -0.1) is 0 Å². The van der Waals surface area contributed by atoms with E-state index >= 15 is 0 Å². The Morgan fingerprint density at radius 1 is 1.31 bits per heavy atom. The number of aromatic amines is 1. The van der Waals surface area contributed by atoms with Crippen molar-refractivity contribution in [2.75, 3.05) is 6.54 Å². The molecule has 1 atom stereocenters. The third kappa shape index (κ3) is 1.32. The summed E-state index contributed by atoms with van der Waals surface area (Å²) in [6.45, 7) is 0.476. The highest BCUT2D eigenvalue weighted by Gasteiger charge is 2.07. The summed E-state index contributed by atoms with van der Waals surface area (Å²) in [7, 11) is 0. The summed E-state index contributed by atoms with van der Waals surface area (Å²) >= 11 is 0. The molecule has 0 bridgehead atoms. The third-order valence-corrected chi connectivity index (χ3v) is 2.28. The van der Waals surface area contributed by atoms with E-state index in [-0.39, 0.29) is 6.04 Å². The Hall–Kier alpha value is -1.32. The van der Waals surface area contributed by atoms with Crippen molar-refractivity contribution in [1.29, 1.82) is 0 Å². The largest absolute Gasteiger partial charge is 0.361 e. The number of H-pyrrole nitrogens is 1. The van der Waals surface area contributed by atoms with E-state index in [0.29, 0.717) is 6.54 Å². The summed E-state index contributed by atoms with van der Waals surface area (Å²) in [5, 5.41) is 1.17. The highest BCUT2D eigenvalue weighted by molar-refractivity contribution is 5.83.